The standard InChI is InChI=1S/C17H20N4O/c1-11-9-14(6-7-17(11)22)13(3)19-10-15(12(2)18)16-5-4-8-20-21-16/h4-9,18-19,21-22H,3,10H2,1-2H3/b16-15-,18-12?. The highest BCUT2D eigenvalue weighted by Crippen LogP contribution is 2.20. The molecule has 0 spiro atoms. The zero-order valence-corrected chi connectivity index (χ0v) is 12.8. The number of nitrogens with zero attached hydrogens (tertiary/aromatic N) is 1. The fourth-order valence-corrected chi connectivity index (χ4v) is 2.06. The number of hydrogen-bond donors (Lipinski definition) is 4. The summed E-state index contributed by atoms with van der Waals surface area (Å²) in [6, 6.07) is 5.33. The van der Waals surface area contributed by atoms with Crippen LogP contribution in [0.4, 0.5) is 0 Å². The van der Waals surface area contributed by atoms with Crippen molar-refractivity contribution < 1.29 is 5.11 Å². The monoisotopic (exact) mass is 296 g/mol. The summed E-state index contributed by atoms with van der Waals surface area (Å²) < 4.78 is 0. The van der Waals surface area contributed by atoms with Crippen LogP contribution in [0.15, 0.2) is 53.3 Å². The van der Waals surface area contributed by atoms with E-state index in [-0.39, 0.29) is 5.75 Å². The fraction of sp³-hybridized carbons (Fsp3) is 0.176. The molecule has 4 N–H and O–H groups in total. The Hall–Kier alpha value is -2.82. The van der Waals surface area contributed by atoms with Crippen molar-refractivity contribution in [2.45, 2.75) is 13.8 Å². The van der Waals surface area contributed by atoms with Crippen molar-refractivity contribution in [3.63, 3.8) is 0 Å². The van der Waals surface area contributed by atoms with Crippen LogP contribution < -0.4 is 10.7 Å². The number of benzene rings is 1. The number of hydrogen-bond acceptors (Lipinski definition) is 5. The summed E-state index contributed by atoms with van der Waals surface area (Å²) in [5.41, 5.74) is 7.44. The quantitative estimate of drug-likeness (QED) is 0.631. The minimum Gasteiger partial charge on any atom is -0.508 e. The molecule has 0 amide bonds. The lowest BCUT2D eigenvalue weighted by atomic mass is 10.1. The Morgan fingerprint density at radius 3 is 2.82 bits per heavy atom. The van der Waals surface area contributed by atoms with E-state index in [9.17, 15) is 5.11 Å². The minimum atomic E-state index is 0.268. The second-order valence-electron chi connectivity index (χ2n) is 5.10. The first kappa shape index (κ1) is 15.6. The maximum atomic E-state index is 9.57. The summed E-state index contributed by atoms with van der Waals surface area (Å²) in [6.07, 6.45) is 5.37. The number of aryl methyl sites for hydroxylation is 1. The maximum Gasteiger partial charge on any atom is 0.118 e. The van der Waals surface area contributed by atoms with Crippen molar-refractivity contribution in [1.29, 1.82) is 5.41 Å². The van der Waals surface area contributed by atoms with Gasteiger partial charge in [-0.15, -0.1) is 0 Å². The van der Waals surface area contributed by atoms with Crippen molar-refractivity contribution in [2.75, 3.05) is 6.54 Å². The number of rotatable bonds is 5. The molecule has 0 bridgehead atoms. The Labute approximate surface area is 130 Å². The van der Waals surface area contributed by atoms with E-state index < -0.39 is 0 Å². The molecular formula is C17H20N4O. The summed E-state index contributed by atoms with van der Waals surface area (Å²) in [6.45, 7) is 8.07. The van der Waals surface area contributed by atoms with Crippen LogP contribution in [-0.4, -0.2) is 23.6 Å². The Balaban J connectivity index is 2.11. The van der Waals surface area contributed by atoms with Crippen molar-refractivity contribution in [3.05, 3.63) is 59.3 Å². The van der Waals surface area contributed by atoms with Gasteiger partial charge in [-0.25, -0.2) is 0 Å². The van der Waals surface area contributed by atoms with Gasteiger partial charge in [0, 0.05) is 29.7 Å². The van der Waals surface area contributed by atoms with Gasteiger partial charge in [-0.1, -0.05) is 6.58 Å². The van der Waals surface area contributed by atoms with Crippen LogP contribution in [0.25, 0.3) is 5.70 Å². The topological polar surface area (TPSA) is 80.5 Å². The molecule has 1 aromatic rings. The summed E-state index contributed by atoms with van der Waals surface area (Å²) >= 11 is 0. The lowest BCUT2D eigenvalue weighted by Gasteiger charge is -2.16. The van der Waals surface area contributed by atoms with Crippen LogP contribution >= 0.6 is 0 Å². The molecule has 0 aliphatic carbocycles. The highest BCUT2D eigenvalue weighted by Gasteiger charge is 2.09. The molecule has 22 heavy (non-hydrogen) atoms. The molecule has 114 valence electrons. The first-order chi connectivity index (χ1) is 10.5. The van der Waals surface area contributed by atoms with E-state index in [0.29, 0.717) is 12.3 Å². The van der Waals surface area contributed by atoms with E-state index in [1.165, 1.54) is 0 Å². The van der Waals surface area contributed by atoms with E-state index in [0.717, 1.165) is 28.1 Å². The smallest absolute Gasteiger partial charge is 0.118 e. The number of allylic oxidation sites excluding steroid dienone is 2. The number of nitrogens with one attached hydrogen (secondary N) is 3. The van der Waals surface area contributed by atoms with Gasteiger partial charge in [-0.05, 0) is 55.3 Å². The minimum absolute atomic E-state index is 0.268. The van der Waals surface area contributed by atoms with Gasteiger partial charge < -0.3 is 15.8 Å². The van der Waals surface area contributed by atoms with Crippen LogP contribution in [0.1, 0.15) is 18.1 Å². The molecule has 0 aromatic heterocycles. The summed E-state index contributed by atoms with van der Waals surface area (Å²) in [5, 5.41) is 24.7. The van der Waals surface area contributed by atoms with Gasteiger partial charge in [0.2, 0.25) is 0 Å². The third kappa shape index (κ3) is 3.63. The Morgan fingerprint density at radius 1 is 1.45 bits per heavy atom. The van der Waals surface area contributed by atoms with Gasteiger partial charge in [0.1, 0.15) is 5.75 Å². The van der Waals surface area contributed by atoms with Gasteiger partial charge in [0.05, 0.1) is 5.70 Å². The number of hydrazone groups is 1. The Morgan fingerprint density at radius 2 is 2.23 bits per heavy atom. The van der Waals surface area contributed by atoms with E-state index in [1.807, 2.05) is 31.2 Å². The van der Waals surface area contributed by atoms with Crippen molar-refractivity contribution in [3.8, 4) is 5.75 Å². The average Bonchev–Trinajstić information content (AvgIpc) is 2.50. The second kappa shape index (κ2) is 6.76. The average molecular weight is 296 g/mol. The van der Waals surface area contributed by atoms with Crippen LogP contribution in [0, 0.1) is 12.3 Å². The van der Waals surface area contributed by atoms with Crippen LogP contribution in [0.5, 0.6) is 5.75 Å². The largest absolute Gasteiger partial charge is 0.508 e. The fourth-order valence-electron chi connectivity index (χ4n) is 2.06. The predicted octanol–water partition coefficient (Wildman–Crippen LogP) is 2.70. The molecule has 1 heterocycles. The van der Waals surface area contributed by atoms with Crippen molar-refractivity contribution in [2.24, 2.45) is 5.10 Å². The second-order valence-corrected chi connectivity index (χ2v) is 5.10. The summed E-state index contributed by atoms with van der Waals surface area (Å²) in [7, 11) is 0. The van der Waals surface area contributed by atoms with Gasteiger partial charge >= 0.3 is 0 Å². The maximum absolute atomic E-state index is 9.57. The summed E-state index contributed by atoms with van der Waals surface area (Å²) in [5.74, 6) is 0.268. The van der Waals surface area contributed by atoms with Gasteiger partial charge in [0.15, 0.2) is 0 Å². The van der Waals surface area contributed by atoms with Crippen LogP contribution in [-0.2, 0) is 0 Å². The van der Waals surface area contributed by atoms with Crippen LogP contribution in [0.3, 0.4) is 0 Å². The molecule has 1 aliphatic heterocycles. The number of aromatic hydroxyl groups is 1. The van der Waals surface area contributed by atoms with E-state index in [1.54, 1.807) is 19.2 Å². The highest BCUT2D eigenvalue weighted by atomic mass is 16.3. The molecule has 0 unspecified atom stereocenters. The number of phenols is 1. The Kier molecular flexibility index (Phi) is 4.78. The number of phenolic OH excluding ortho intramolecular Hbond substituents is 1. The molecular weight excluding hydrogens is 276 g/mol. The molecule has 1 aromatic carbocycles. The molecule has 1 aliphatic rings. The van der Waals surface area contributed by atoms with E-state index >= 15 is 0 Å². The summed E-state index contributed by atoms with van der Waals surface area (Å²) in [4.78, 5) is 0. The first-order valence-electron chi connectivity index (χ1n) is 6.96. The molecule has 0 radical (unpaired) electrons. The SMILES string of the molecule is C=C(NC/C(C(C)=N)=C1\C=CC=NN1)c1ccc(O)c(C)c1. The third-order valence-electron chi connectivity index (χ3n) is 3.41. The molecule has 0 saturated carbocycles. The van der Waals surface area contributed by atoms with E-state index in [4.69, 9.17) is 5.41 Å². The lowest BCUT2D eigenvalue weighted by Crippen LogP contribution is -2.23. The highest BCUT2D eigenvalue weighted by molar-refractivity contribution is 5.97. The predicted molar refractivity (Wildman–Crippen MR) is 91.1 cm³/mol. The first-order valence-corrected chi connectivity index (χ1v) is 6.96. The molecule has 0 atom stereocenters. The van der Waals surface area contributed by atoms with Crippen molar-refractivity contribution in [1.82, 2.24) is 10.7 Å². The normalized spacial score (nSPS) is 15.2. The lowest BCUT2D eigenvalue weighted by molar-refractivity contribution is 0.471. The van der Waals surface area contributed by atoms with Gasteiger partial charge in [0.25, 0.3) is 0 Å². The zero-order chi connectivity index (χ0) is 16.1. The van der Waals surface area contributed by atoms with Crippen LogP contribution in [0.2, 0.25) is 0 Å². The zero-order valence-electron chi connectivity index (χ0n) is 12.8. The molecule has 0 saturated heterocycles. The molecule has 5 heteroatoms. The molecule has 0 fully saturated rings. The van der Waals surface area contributed by atoms with Crippen molar-refractivity contribution >= 4 is 17.6 Å². The van der Waals surface area contributed by atoms with Gasteiger partial charge in [-0.2, -0.15) is 5.10 Å². The Bertz CT molecular complexity index is 699. The molecule has 2 rings (SSSR count). The molecule has 5 nitrogen and oxygen atoms in total. The van der Waals surface area contributed by atoms with Gasteiger partial charge in [-0.3, -0.25) is 5.43 Å². The third-order valence-corrected chi connectivity index (χ3v) is 3.41. The van der Waals surface area contributed by atoms with E-state index in [2.05, 4.69) is 22.4 Å².